The maximum atomic E-state index is 13.7. The zero-order valence-electron chi connectivity index (χ0n) is 37.7. The summed E-state index contributed by atoms with van der Waals surface area (Å²) >= 11 is 0. The van der Waals surface area contributed by atoms with Crippen LogP contribution in [0, 0.1) is 29.6 Å². The molecule has 0 bridgehead atoms. The average Bonchev–Trinajstić information content (AvgIpc) is 3.15. The Morgan fingerprint density at radius 1 is 0.475 bits per heavy atom. The first-order chi connectivity index (χ1) is 28.1. The SMILES string of the molecule is CC[C@H](C)[C@H](NC(=O)[C@H](CC(C)C)NC(=O)CNC(=O)[C@H](CC(C)C)NC(=O)CNC(=O)[C@@H](NC(=O)[C@@H](N)C(C)C)[C@@H](C)O)C(=O)N[C@H](C(=O)N[C@H](C(=O)O)C(C)C)[C@@H](C)O. The summed E-state index contributed by atoms with van der Waals surface area (Å²) < 4.78 is 0. The first-order valence-electron chi connectivity index (χ1n) is 20.8. The topological polar surface area (TPSA) is 337 Å². The molecular weight excluding hydrogens is 798 g/mol. The molecule has 8 amide bonds. The van der Waals surface area contributed by atoms with Crippen LogP contribution in [-0.4, -0.2) is 136 Å². The standard InChI is InChI=1S/C40H73N9O12/c1-13-22(10)31(38(58)49-33(24(12)51)39(59)46-30(21(8)9)40(60)61)47-35(55)26(15-19(4)5)45-27(52)16-42-34(54)25(14-18(2)3)44-28(53)17-43-37(57)32(23(11)50)48-36(56)29(41)20(6)7/h18-26,29-33,50-51H,13-17,41H2,1-12H3,(H,42,54)(H,43,57)(H,44,53)(H,45,52)(H,46,59)(H,47,55)(H,48,56)(H,49,58)(H,60,61)/t22-,23+,24+,25-,26-,29-,30-,31-,32-,33-/m0/s1. The molecule has 61 heavy (non-hydrogen) atoms. The number of carboxylic acids is 1. The van der Waals surface area contributed by atoms with E-state index in [4.69, 9.17) is 5.73 Å². The van der Waals surface area contributed by atoms with Gasteiger partial charge in [0.25, 0.3) is 0 Å². The fourth-order valence-corrected chi connectivity index (χ4v) is 5.78. The van der Waals surface area contributed by atoms with Gasteiger partial charge in [-0.25, -0.2) is 4.79 Å². The van der Waals surface area contributed by atoms with Gasteiger partial charge in [-0.1, -0.05) is 75.7 Å². The summed E-state index contributed by atoms with van der Waals surface area (Å²) in [7, 11) is 0. The largest absolute Gasteiger partial charge is 0.480 e. The Bertz CT molecular complexity index is 1500. The minimum absolute atomic E-state index is 0.110. The molecule has 0 radical (unpaired) electrons. The lowest BCUT2D eigenvalue weighted by atomic mass is 9.96. The quantitative estimate of drug-likeness (QED) is 0.0416. The molecule has 0 spiro atoms. The Kier molecular flexibility index (Phi) is 25.0. The molecule has 0 aliphatic heterocycles. The molecule has 0 unspecified atom stereocenters. The van der Waals surface area contributed by atoms with Gasteiger partial charge >= 0.3 is 5.97 Å². The van der Waals surface area contributed by atoms with Gasteiger partial charge in [0, 0.05) is 0 Å². The van der Waals surface area contributed by atoms with E-state index in [1.165, 1.54) is 13.8 Å². The van der Waals surface area contributed by atoms with E-state index in [0.29, 0.717) is 6.42 Å². The van der Waals surface area contributed by atoms with Crippen molar-refractivity contribution in [2.45, 2.75) is 157 Å². The number of amides is 8. The molecule has 0 saturated carbocycles. The molecule has 0 aliphatic carbocycles. The molecule has 13 N–H and O–H groups in total. The Balaban J connectivity index is 5.82. The Hall–Kier alpha value is -4.89. The van der Waals surface area contributed by atoms with Crippen LogP contribution >= 0.6 is 0 Å². The Morgan fingerprint density at radius 3 is 1.25 bits per heavy atom. The van der Waals surface area contributed by atoms with Gasteiger partial charge in [-0.05, 0) is 56.3 Å². The second kappa shape index (κ2) is 27.1. The van der Waals surface area contributed by atoms with Gasteiger partial charge in [0.1, 0.15) is 36.3 Å². The Morgan fingerprint density at radius 2 is 0.852 bits per heavy atom. The highest BCUT2D eigenvalue weighted by atomic mass is 16.4. The van der Waals surface area contributed by atoms with Crippen molar-refractivity contribution in [1.82, 2.24) is 42.5 Å². The van der Waals surface area contributed by atoms with E-state index in [1.54, 1.807) is 69.2 Å². The van der Waals surface area contributed by atoms with E-state index in [9.17, 15) is 58.5 Å². The summed E-state index contributed by atoms with van der Waals surface area (Å²) in [5.74, 6) is -9.15. The number of hydrogen-bond acceptors (Lipinski definition) is 12. The molecule has 0 rings (SSSR count). The molecule has 0 saturated heterocycles. The minimum Gasteiger partial charge on any atom is -0.480 e. The van der Waals surface area contributed by atoms with Crippen LogP contribution in [0.4, 0.5) is 0 Å². The third-order valence-electron chi connectivity index (χ3n) is 9.73. The zero-order valence-corrected chi connectivity index (χ0v) is 37.7. The molecule has 0 fully saturated rings. The summed E-state index contributed by atoms with van der Waals surface area (Å²) in [4.78, 5) is 116. The van der Waals surface area contributed by atoms with Crippen molar-refractivity contribution >= 4 is 53.2 Å². The predicted octanol–water partition coefficient (Wildman–Crippen LogP) is -2.25. The van der Waals surface area contributed by atoms with Crippen molar-refractivity contribution in [3.05, 3.63) is 0 Å². The maximum absolute atomic E-state index is 13.7. The Labute approximate surface area is 359 Å². The average molecular weight is 872 g/mol. The van der Waals surface area contributed by atoms with Crippen molar-refractivity contribution in [3.8, 4) is 0 Å². The van der Waals surface area contributed by atoms with Crippen LogP contribution in [0.2, 0.25) is 0 Å². The highest BCUT2D eigenvalue weighted by molar-refractivity contribution is 5.97. The summed E-state index contributed by atoms with van der Waals surface area (Å²) in [6.07, 6.45) is -2.13. The number of carbonyl (C=O) groups excluding carboxylic acids is 8. The number of nitrogens with one attached hydrogen (secondary N) is 8. The summed E-state index contributed by atoms with van der Waals surface area (Å²) in [5.41, 5.74) is 5.83. The van der Waals surface area contributed by atoms with E-state index >= 15 is 0 Å². The van der Waals surface area contributed by atoms with Gasteiger partial charge in [-0.3, -0.25) is 38.4 Å². The fraction of sp³-hybridized carbons (Fsp3) is 0.775. The lowest BCUT2D eigenvalue weighted by Gasteiger charge is -2.30. The zero-order chi connectivity index (χ0) is 47.5. The number of rotatable bonds is 27. The highest BCUT2D eigenvalue weighted by Gasteiger charge is 2.36. The van der Waals surface area contributed by atoms with Crippen molar-refractivity contribution in [2.75, 3.05) is 13.1 Å². The van der Waals surface area contributed by atoms with Crippen LogP contribution in [0.5, 0.6) is 0 Å². The van der Waals surface area contributed by atoms with Crippen LogP contribution in [0.1, 0.15) is 102 Å². The second-order valence-corrected chi connectivity index (χ2v) is 17.1. The monoisotopic (exact) mass is 872 g/mol. The summed E-state index contributed by atoms with van der Waals surface area (Å²) in [5, 5.41) is 49.6. The van der Waals surface area contributed by atoms with E-state index in [2.05, 4.69) is 42.5 Å². The molecule has 21 nitrogen and oxygen atoms in total. The van der Waals surface area contributed by atoms with Gasteiger partial charge in [0.15, 0.2) is 0 Å². The summed E-state index contributed by atoms with van der Waals surface area (Å²) in [6.45, 7) is 18.5. The lowest BCUT2D eigenvalue weighted by molar-refractivity contribution is -0.144. The number of carboxylic acid groups (broad SMARTS) is 1. The molecule has 0 aliphatic rings. The van der Waals surface area contributed by atoms with Gasteiger partial charge < -0.3 is 63.6 Å². The van der Waals surface area contributed by atoms with Crippen molar-refractivity contribution < 1.29 is 58.5 Å². The molecule has 0 aromatic carbocycles. The molecular formula is C40H73N9O12. The van der Waals surface area contributed by atoms with Crippen LogP contribution in [0.25, 0.3) is 0 Å². The van der Waals surface area contributed by atoms with Crippen molar-refractivity contribution in [3.63, 3.8) is 0 Å². The fourth-order valence-electron chi connectivity index (χ4n) is 5.78. The van der Waals surface area contributed by atoms with Crippen molar-refractivity contribution in [2.24, 2.45) is 35.3 Å². The number of aliphatic carboxylic acids is 1. The third kappa shape index (κ3) is 20.5. The molecule has 0 aromatic rings. The number of carbonyl (C=O) groups is 9. The number of aliphatic hydroxyl groups is 2. The van der Waals surface area contributed by atoms with E-state index in [1.807, 2.05) is 0 Å². The lowest BCUT2D eigenvalue weighted by Crippen LogP contribution is -2.62. The molecule has 21 heteroatoms. The van der Waals surface area contributed by atoms with Crippen molar-refractivity contribution in [1.29, 1.82) is 0 Å². The van der Waals surface area contributed by atoms with Gasteiger partial charge in [-0.2, -0.15) is 0 Å². The van der Waals surface area contributed by atoms with Crippen LogP contribution in [-0.2, 0) is 43.2 Å². The minimum atomic E-state index is -1.56. The van der Waals surface area contributed by atoms with Gasteiger partial charge in [0.2, 0.25) is 47.3 Å². The third-order valence-corrected chi connectivity index (χ3v) is 9.73. The van der Waals surface area contributed by atoms with E-state index in [0.717, 1.165) is 0 Å². The molecule has 0 heterocycles. The van der Waals surface area contributed by atoms with E-state index in [-0.39, 0.29) is 30.6 Å². The first-order valence-corrected chi connectivity index (χ1v) is 20.8. The van der Waals surface area contributed by atoms with E-state index < -0.39 is 133 Å². The number of aliphatic hydroxyl groups excluding tert-OH is 2. The molecule has 350 valence electrons. The van der Waals surface area contributed by atoms with Crippen LogP contribution < -0.4 is 48.3 Å². The second-order valence-electron chi connectivity index (χ2n) is 17.1. The van der Waals surface area contributed by atoms with Crippen LogP contribution in [0.3, 0.4) is 0 Å². The molecule has 10 atom stereocenters. The first kappa shape index (κ1) is 56.1. The number of nitrogens with two attached hydrogens (primary N) is 1. The predicted molar refractivity (Wildman–Crippen MR) is 225 cm³/mol. The van der Waals surface area contributed by atoms with Gasteiger partial charge in [0.05, 0.1) is 31.3 Å². The van der Waals surface area contributed by atoms with Gasteiger partial charge in [-0.15, -0.1) is 0 Å². The van der Waals surface area contributed by atoms with Crippen LogP contribution in [0.15, 0.2) is 0 Å². The molecule has 0 aromatic heterocycles. The smallest absolute Gasteiger partial charge is 0.326 e. The maximum Gasteiger partial charge on any atom is 0.326 e. The normalized spacial score (nSPS) is 16.4. The number of hydrogen-bond donors (Lipinski definition) is 12. The summed E-state index contributed by atoms with van der Waals surface area (Å²) in [6, 6.07) is -8.80. The highest BCUT2D eigenvalue weighted by Crippen LogP contribution is 2.13.